The molecule has 3 nitrogen and oxygen atoms in total. The quantitative estimate of drug-likeness (QED) is 0.609. The predicted octanol–water partition coefficient (Wildman–Crippen LogP) is 1.12. The monoisotopic (exact) mass is 189 g/mol. The fourth-order valence-electron chi connectivity index (χ4n) is 1.33. The molecule has 0 unspecified atom stereocenters. The van der Waals surface area contributed by atoms with Crippen LogP contribution in [0.15, 0.2) is 0 Å². The lowest BCUT2D eigenvalue weighted by Crippen LogP contribution is -2.39. The van der Waals surface area contributed by atoms with E-state index in [1.165, 1.54) is 0 Å². The third kappa shape index (κ3) is 8.22. The fourth-order valence-corrected chi connectivity index (χ4v) is 1.33. The highest BCUT2D eigenvalue weighted by atomic mass is 16.5. The molecule has 0 atom stereocenters. The number of hydrogen-bond donors (Lipinski definition) is 1. The highest BCUT2D eigenvalue weighted by Crippen LogP contribution is 2.04. The molecule has 1 N–H and O–H groups in total. The van der Waals surface area contributed by atoms with E-state index in [0.717, 1.165) is 32.7 Å². The van der Waals surface area contributed by atoms with Gasteiger partial charge in [-0.1, -0.05) is 6.92 Å². The van der Waals surface area contributed by atoms with Gasteiger partial charge in [-0.05, 0) is 26.8 Å². The normalized spacial score (nSPS) is 12.5. The maximum atomic E-state index is 9.60. The summed E-state index contributed by atoms with van der Waals surface area (Å²) in [7, 11) is 1.71. The van der Waals surface area contributed by atoms with Crippen molar-refractivity contribution in [1.29, 1.82) is 0 Å². The van der Waals surface area contributed by atoms with E-state index in [9.17, 15) is 5.11 Å². The van der Waals surface area contributed by atoms with Crippen molar-refractivity contribution in [2.24, 2.45) is 0 Å². The number of methoxy groups -OCH3 is 1. The Kier molecular flexibility index (Phi) is 6.29. The molecular weight excluding hydrogens is 166 g/mol. The molecule has 13 heavy (non-hydrogen) atoms. The Morgan fingerprint density at radius 3 is 2.38 bits per heavy atom. The third-order valence-electron chi connectivity index (χ3n) is 1.88. The van der Waals surface area contributed by atoms with Crippen LogP contribution in [0.3, 0.4) is 0 Å². The van der Waals surface area contributed by atoms with Crippen LogP contribution in [0.4, 0.5) is 0 Å². The van der Waals surface area contributed by atoms with Gasteiger partial charge in [-0.15, -0.1) is 0 Å². The van der Waals surface area contributed by atoms with Gasteiger partial charge in [0.15, 0.2) is 0 Å². The summed E-state index contributed by atoms with van der Waals surface area (Å²) in [4.78, 5) is 2.24. The van der Waals surface area contributed by atoms with Gasteiger partial charge in [0.05, 0.1) is 5.60 Å². The van der Waals surface area contributed by atoms with Gasteiger partial charge in [-0.25, -0.2) is 0 Å². The minimum absolute atomic E-state index is 0.594. The highest BCUT2D eigenvalue weighted by Gasteiger charge is 2.16. The summed E-state index contributed by atoms with van der Waals surface area (Å²) in [6, 6.07) is 0. The molecule has 0 saturated heterocycles. The van der Waals surface area contributed by atoms with Gasteiger partial charge in [0.2, 0.25) is 0 Å². The zero-order valence-corrected chi connectivity index (χ0v) is 9.34. The van der Waals surface area contributed by atoms with E-state index in [1.807, 2.05) is 13.8 Å². The summed E-state index contributed by atoms with van der Waals surface area (Å²) in [6.07, 6.45) is 1.03. The Bertz CT molecular complexity index is 121. The molecule has 0 aliphatic heterocycles. The molecule has 0 aliphatic rings. The number of ether oxygens (including phenoxy) is 1. The molecule has 0 aliphatic carbocycles. The smallest absolute Gasteiger partial charge is 0.0718 e. The summed E-state index contributed by atoms with van der Waals surface area (Å²) < 4.78 is 4.98. The second-order valence-electron chi connectivity index (χ2n) is 4.03. The maximum absolute atomic E-state index is 9.60. The van der Waals surface area contributed by atoms with Gasteiger partial charge >= 0.3 is 0 Å². The van der Waals surface area contributed by atoms with Crippen LogP contribution in [0.2, 0.25) is 0 Å². The minimum Gasteiger partial charge on any atom is -0.389 e. The van der Waals surface area contributed by atoms with Gasteiger partial charge in [-0.2, -0.15) is 0 Å². The Labute approximate surface area is 81.7 Å². The van der Waals surface area contributed by atoms with Gasteiger partial charge in [0.1, 0.15) is 0 Å². The SMILES string of the molecule is CCN(CCCOC)CC(C)(C)O. The number of rotatable bonds is 7. The number of hydrogen-bond acceptors (Lipinski definition) is 3. The van der Waals surface area contributed by atoms with Crippen molar-refractivity contribution < 1.29 is 9.84 Å². The molecule has 0 aromatic carbocycles. The minimum atomic E-state index is -0.594. The molecule has 0 heterocycles. The molecule has 0 spiro atoms. The van der Waals surface area contributed by atoms with Crippen LogP contribution in [0.5, 0.6) is 0 Å². The van der Waals surface area contributed by atoms with Crippen molar-refractivity contribution >= 4 is 0 Å². The van der Waals surface area contributed by atoms with E-state index in [0.29, 0.717) is 0 Å². The number of aliphatic hydroxyl groups is 1. The fraction of sp³-hybridized carbons (Fsp3) is 1.00. The van der Waals surface area contributed by atoms with Crippen molar-refractivity contribution in [1.82, 2.24) is 4.90 Å². The topological polar surface area (TPSA) is 32.7 Å². The zero-order chi connectivity index (χ0) is 10.3. The first-order valence-corrected chi connectivity index (χ1v) is 4.93. The Balaban J connectivity index is 3.63. The van der Waals surface area contributed by atoms with Crippen LogP contribution in [-0.2, 0) is 4.74 Å². The zero-order valence-electron chi connectivity index (χ0n) is 9.34. The van der Waals surface area contributed by atoms with Crippen LogP contribution in [0, 0.1) is 0 Å². The van der Waals surface area contributed by atoms with Crippen molar-refractivity contribution in [2.45, 2.75) is 32.8 Å². The van der Waals surface area contributed by atoms with Crippen molar-refractivity contribution in [2.75, 3.05) is 33.4 Å². The standard InChI is InChI=1S/C10H23NO2/c1-5-11(7-6-8-13-4)9-10(2,3)12/h12H,5-9H2,1-4H3. The van der Waals surface area contributed by atoms with Gasteiger partial charge < -0.3 is 14.7 Å². The molecule has 0 amide bonds. The van der Waals surface area contributed by atoms with Crippen LogP contribution in [0.25, 0.3) is 0 Å². The average Bonchev–Trinajstić information content (AvgIpc) is 2.01. The third-order valence-corrected chi connectivity index (χ3v) is 1.88. The van der Waals surface area contributed by atoms with Crippen molar-refractivity contribution in [3.05, 3.63) is 0 Å². The molecule has 0 bridgehead atoms. The molecule has 0 aromatic heterocycles. The first-order valence-electron chi connectivity index (χ1n) is 4.93. The van der Waals surface area contributed by atoms with E-state index < -0.39 is 5.60 Å². The van der Waals surface area contributed by atoms with E-state index >= 15 is 0 Å². The molecule has 0 rings (SSSR count). The van der Waals surface area contributed by atoms with Crippen LogP contribution >= 0.6 is 0 Å². The lowest BCUT2D eigenvalue weighted by molar-refractivity contribution is 0.0351. The summed E-state index contributed by atoms with van der Waals surface area (Å²) in [5.74, 6) is 0. The summed E-state index contributed by atoms with van der Waals surface area (Å²) in [6.45, 7) is 9.29. The highest BCUT2D eigenvalue weighted by molar-refractivity contribution is 4.71. The Morgan fingerprint density at radius 1 is 1.38 bits per heavy atom. The van der Waals surface area contributed by atoms with Crippen molar-refractivity contribution in [3.8, 4) is 0 Å². The van der Waals surface area contributed by atoms with Crippen LogP contribution in [0.1, 0.15) is 27.2 Å². The number of likely N-dealkylation sites (N-methyl/N-ethyl adjacent to an activating group) is 1. The lowest BCUT2D eigenvalue weighted by atomic mass is 10.1. The molecule has 0 radical (unpaired) electrons. The van der Waals surface area contributed by atoms with E-state index in [2.05, 4.69) is 11.8 Å². The average molecular weight is 189 g/mol. The predicted molar refractivity (Wildman–Crippen MR) is 54.9 cm³/mol. The first-order chi connectivity index (χ1) is 5.99. The van der Waals surface area contributed by atoms with Crippen LogP contribution < -0.4 is 0 Å². The maximum Gasteiger partial charge on any atom is 0.0718 e. The number of nitrogens with zero attached hydrogens (tertiary/aromatic N) is 1. The summed E-state index contributed by atoms with van der Waals surface area (Å²) >= 11 is 0. The second kappa shape index (κ2) is 6.35. The van der Waals surface area contributed by atoms with Gasteiger partial charge in [0, 0.05) is 26.8 Å². The molecule has 80 valence electrons. The summed E-state index contributed by atoms with van der Waals surface area (Å²) in [5.41, 5.74) is -0.594. The molecule has 0 fully saturated rings. The molecular formula is C10H23NO2. The Morgan fingerprint density at radius 2 is 2.00 bits per heavy atom. The molecule has 0 aromatic rings. The van der Waals surface area contributed by atoms with Gasteiger partial charge in [0.25, 0.3) is 0 Å². The van der Waals surface area contributed by atoms with Gasteiger partial charge in [-0.3, -0.25) is 0 Å². The van der Waals surface area contributed by atoms with E-state index in [4.69, 9.17) is 4.74 Å². The van der Waals surface area contributed by atoms with Crippen molar-refractivity contribution in [3.63, 3.8) is 0 Å². The molecule has 3 heteroatoms. The van der Waals surface area contributed by atoms with E-state index in [-0.39, 0.29) is 0 Å². The summed E-state index contributed by atoms with van der Waals surface area (Å²) in [5, 5.41) is 9.60. The lowest BCUT2D eigenvalue weighted by Gasteiger charge is -2.27. The second-order valence-corrected chi connectivity index (χ2v) is 4.03. The van der Waals surface area contributed by atoms with Crippen LogP contribution in [-0.4, -0.2) is 49.0 Å². The molecule has 0 saturated carbocycles. The first kappa shape index (κ1) is 12.9. The van der Waals surface area contributed by atoms with E-state index in [1.54, 1.807) is 7.11 Å². The largest absolute Gasteiger partial charge is 0.389 e. The Hall–Kier alpha value is -0.120.